The third-order valence-corrected chi connectivity index (χ3v) is 5.43. The highest BCUT2D eigenvalue weighted by atomic mass is 16.5. The molecule has 0 aliphatic heterocycles. The number of nitrogens with zero attached hydrogens (tertiary/aromatic N) is 3. The van der Waals surface area contributed by atoms with Crippen LogP contribution in [0.2, 0.25) is 0 Å². The molecule has 0 fully saturated rings. The fourth-order valence-electron chi connectivity index (χ4n) is 3.87. The van der Waals surface area contributed by atoms with Crippen LogP contribution in [0.1, 0.15) is 44.7 Å². The highest BCUT2D eigenvalue weighted by Gasteiger charge is 2.22. The fourth-order valence-corrected chi connectivity index (χ4v) is 3.87. The molecule has 0 N–H and O–H groups in total. The van der Waals surface area contributed by atoms with E-state index in [1.54, 1.807) is 13.0 Å². The molecule has 1 aromatic carbocycles. The van der Waals surface area contributed by atoms with Crippen LogP contribution in [0.4, 0.5) is 0 Å². The summed E-state index contributed by atoms with van der Waals surface area (Å²) in [6, 6.07) is 12.9. The van der Waals surface area contributed by atoms with Crippen LogP contribution < -0.4 is 0 Å². The zero-order valence-corrected chi connectivity index (χ0v) is 17.9. The van der Waals surface area contributed by atoms with Crippen molar-refractivity contribution in [2.24, 2.45) is 0 Å². The molecule has 4 aromatic rings. The Kier molecular flexibility index (Phi) is 5.42. The molecule has 0 atom stereocenters. The van der Waals surface area contributed by atoms with Gasteiger partial charge >= 0.3 is 5.97 Å². The number of pyridine rings is 1. The Morgan fingerprint density at radius 3 is 2.48 bits per heavy atom. The topological polar surface area (TPSA) is 87.2 Å². The molecule has 3 heterocycles. The summed E-state index contributed by atoms with van der Waals surface area (Å²) in [5.74, 6) is -0.856. The van der Waals surface area contributed by atoms with Crippen LogP contribution >= 0.6 is 0 Å². The maximum Gasteiger partial charge on any atom is 0.339 e. The summed E-state index contributed by atoms with van der Waals surface area (Å²) < 4.78 is 12.8. The van der Waals surface area contributed by atoms with Gasteiger partial charge in [0.05, 0.1) is 22.3 Å². The van der Waals surface area contributed by atoms with E-state index in [0.717, 1.165) is 23.5 Å². The Balaban J connectivity index is 1.63. The molecule has 7 heteroatoms. The van der Waals surface area contributed by atoms with Gasteiger partial charge in [0.25, 0.3) is 5.71 Å². The van der Waals surface area contributed by atoms with Crippen LogP contribution in [-0.2, 0) is 11.3 Å². The van der Waals surface area contributed by atoms with Gasteiger partial charge in [-0.1, -0.05) is 35.5 Å². The van der Waals surface area contributed by atoms with E-state index < -0.39 is 5.97 Å². The maximum absolute atomic E-state index is 13.0. The molecule has 0 saturated carbocycles. The summed E-state index contributed by atoms with van der Waals surface area (Å²) in [5, 5.41) is 4.42. The first kappa shape index (κ1) is 20.5. The molecule has 4 rings (SSSR count). The number of hydrogen-bond acceptors (Lipinski definition) is 6. The number of rotatable bonds is 6. The molecule has 0 amide bonds. The molecule has 3 aromatic heterocycles. The van der Waals surface area contributed by atoms with E-state index in [2.05, 4.69) is 10.1 Å². The number of Topliss-reactive ketones (excluding diaryl/α,β-unsaturated/α-hetero) is 1. The van der Waals surface area contributed by atoms with E-state index in [0.29, 0.717) is 22.3 Å². The maximum atomic E-state index is 13.0. The van der Waals surface area contributed by atoms with E-state index >= 15 is 0 Å². The molecule has 0 saturated heterocycles. The van der Waals surface area contributed by atoms with Crippen molar-refractivity contribution in [3.8, 4) is 11.3 Å². The van der Waals surface area contributed by atoms with E-state index in [4.69, 9.17) is 9.26 Å². The van der Waals surface area contributed by atoms with Crippen LogP contribution in [-0.4, -0.2) is 33.1 Å². The predicted octanol–water partition coefficient (Wildman–Crippen LogP) is 4.68. The van der Waals surface area contributed by atoms with E-state index in [1.165, 1.54) is 0 Å². The number of fused-ring (bicyclic) bond motifs is 1. The minimum absolute atomic E-state index is 0.239. The van der Waals surface area contributed by atoms with Crippen molar-refractivity contribution in [3.05, 3.63) is 70.7 Å². The molecule has 31 heavy (non-hydrogen) atoms. The summed E-state index contributed by atoms with van der Waals surface area (Å²) in [4.78, 5) is 30.2. The average molecular weight is 417 g/mol. The van der Waals surface area contributed by atoms with Gasteiger partial charge in [0.1, 0.15) is 0 Å². The van der Waals surface area contributed by atoms with E-state index in [-0.39, 0.29) is 23.7 Å². The van der Waals surface area contributed by atoms with Crippen molar-refractivity contribution >= 4 is 22.9 Å². The number of benzene rings is 1. The minimum Gasteiger partial charge on any atom is -0.454 e. The van der Waals surface area contributed by atoms with Crippen LogP contribution in [0.5, 0.6) is 0 Å². The number of aromatic nitrogens is 3. The number of carbonyl (C=O) groups is 2. The lowest BCUT2D eigenvalue weighted by Crippen LogP contribution is -2.15. The summed E-state index contributed by atoms with van der Waals surface area (Å²) in [7, 11) is 0. The number of ether oxygens (including phenoxy) is 1. The largest absolute Gasteiger partial charge is 0.454 e. The number of hydrogen-bond donors (Lipinski definition) is 0. The molecule has 158 valence electrons. The van der Waals surface area contributed by atoms with Gasteiger partial charge in [-0.3, -0.25) is 4.79 Å². The van der Waals surface area contributed by atoms with Crippen LogP contribution in [0.15, 0.2) is 47.0 Å². The highest BCUT2D eigenvalue weighted by molar-refractivity contribution is 6.06. The number of ketones is 1. The second-order valence-electron chi connectivity index (χ2n) is 7.40. The molecule has 0 aliphatic rings. The van der Waals surface area contributed by atoms with Crippen molar-refractivity contribution in [1.29, 1.82) is 0 Å². The molecule has 0 spiro atoms. The molecule has 0 bridgehead atoms. The monoisotopic (exact) mass is 417 g/mol. The quantitative estimate of drug-likeness (QED) is 0.334. The third kappa shape index (κ3) is 3.74. The lowest BCUT2D eigenvalue weighted by molar-refractivity contribution is 0.0476. The Morgan fingerprint density at radius 1 is 1.06 bits per heavy atom. The standard InChI is InChI=1S/C24H23N3O4/c1-5-27-14(2)11-18(16(27)4)21(28)13-30-24(29)19-12-20(17-9-7-6-8-10-17)25-23-22(19)15(3)26-31-23/h6-12H,5,13H2,1-4H3. The van der Waals surface area contributed by atoms with Gasteiger partial charge in [0, 0.05) is 29.1 Å². The minimum atomic E-state index is -0.617. The van der Waals surface area contributed by atoms with Gasteiger partial charge in [-0.2, -0.15) is 0 Å². The van der Waals surface area contributed by atoms with Crippen LogP contribution in [0.25, 0.3) is 22.4 Å². The van der Waals surface area contributed by atoms with E-state index in [9.17, 15) is 9.59 Å². The summed E-state index contributed by atoms with van der Waals surface area (Å²) in [6.07, 6.45) is 0. The second kappa shape index (κ2) is 8.18. The van der Waals surface area contributed by atoms with Gasteiger partial charge in [-0.25, -0.2) is 9.78 Å². The van der Waals surface area contributed by atoms with Crippen LogP contribution in [0.3, 0.4) is 0 Å². The van der Waals surface area contributed by atoms with E-state index in [1.807, 2.05) is 61.7 Å². The molecule has 7 nitrogen and oxygen atoms in total. The SMILES string of the molecule is CCn1c(C)cc(C(=O)COC(=O)c2cc(-c3ccccc3)nc3onc(C)c23)c1C. The number of carbonyl (C=O) groups excluding carboxylic acids is 2. The van der Waals surface area contributed by atoms with Crippen molar-refractivity contribution < 1.29 is 18.8 Å². The number of aryl methyl sites for hydroxylation is 2. The average Bonchev–Trinajstić information content (AvgIpc) is 3.30. The molecular formula is C24H23N3O4. The lowest BCUT2D eigenvalue weighted by Gasteiger charge is -2.08. The van der Waals surface area contributed by atoms with Crippen molar-refractivity contribution in [2.45, 2.75) is 34.2 Å². The van der Waals surface area contributed by atoms with Crippen molar-refractivity contribution in [2.75, 3.05) is 6.61 Å². The van der Waals surface area contributed by atoms with Gasteiger partial charge in [0.2, 0.25) is 5.78 Å². The summed E-state index contributed by atoms with van der Waals surface area (Å²) >= 11 is 0. The first-order chi connectivity index (χ1) is 14.9. The molecular weight excluding hydrogens is 394 g/mol. The Bertz CT molecular complexity index is 1290. The second-order valence-corrected chi connectivity index (χ2v) is 7.40. The van der Waals surface area contributed by atoms with Gasteiger partial charge in [-0.15, -0.1) is 0 Å². The lowest BCUT2D eigenvalue weighted by atomic mass is 10.1. The zero-order valence-electron chi connectivity index (χ0n) is 17.9. The van der Waals surface area contributed by atoms with Crippen molar-refractivity contribution in [1.82, 2.24) is 14.7 Å². The van der Waals surface area contributed by atoms with Gasteiger partial charge in [-0.05, 0) is 39.8 Å². The first-order valence-electron chi connectivity index (χ1n) is 10.1. The van der Waals surface area contributed by atoms with Gasteiger partial charge < -0.3 is 13.8 Å². The smallest absolute Gasteiger partial charge is 0.339 e. The van der Waals surface area contributed by atoms with Crippen LogP contribution in [0, 0.1) is 20.8 Å². The third-order valence-electron chi connectivity index (χ3n) is 5.43. The van der Waals surface area contributed by atoms with Gasteiger partial charge in [0.15, 0.2) is 6.61 Å². The predicted molar refractivity (Wildman–Crippen MR) is 116 cm³/mol. The molecule has 0 unspecified atom stereocenters. The summed E-state index contributed by atoms with van der Waals surface area (Å²) in [5.41, 5.74) is 4.89. The zero-order chi connectivity index (χ0) is 22.1. The van der Waals surface area contributed by atoms with Crippen molar-refractivity contribution in [3.63, 3.8) is 0 Å². The Morgan fingerprint density at radius 2 is 1.81 bits per heavy atom. The molecule has 0 aliphatic carbocycles. The normalized spacial score (nSPS) is 11.1. The molecule has 0 radical (unpaired) electrons. The Hall–Kier alpha value is -3.74. The Labute approximate surface area is 179 Å². The summed E-state index contributed by atoms with van der Waals surface area (Å²) in [6.45, 7) is 8.03. The highest BCUT2D eigenvalue weighted by Crippen LogP contribution is 2.27. The fraction of sp³-hybridized carbons (Fsp3) is 0.250. The first-order valence-corrected chi connectivity index (χ1v) is 10.1. The number of esters is 1.